The van der Waals surface area contributed by atoms with Crippen LogP contribution in [-0.2, 0) is 4.84 Å². The number of aryl methyl sites for hydroxylation is 1. The van der Waals surface area contributed by atoms with Crippen molar-refractivity contribution in [2.75, 3.05) is 6.61 Å². The van der Waals surface area contributed by atoms with E-state index in [-0.39, 0.29) is 0 Å². The predicted molar refractivity (Wildman–Crippen MR) is 50.4 cm³/mol. The number of hydrogen-bond acceptors (Lipinski definition) is 2. The molecule has 1 rings (SSSR count). The Bertz CT molecular complexity index is 268. The van der Waals surface area contributed by atoms with Gasteiger partial charge < -0.3 is 4.84 Å². The van der Waals surface area contributed by atoms with Crippen LogP contribution in [0.1, 0.15) is 11.1 Å². The molecule has 0 spiro atoms. The molecule has 1 aromatic carbocycles. The third-order valence-electron chi connectivity index (χ3n) is 1.54. The fraction of sp³-hybridized carbons (Fsp3) is 0.200. The zero-order chi connectivity index (χ0) is 8.81. The number of hydrogen-bond donors (Lipinski definition) is 1. The van der Waals surface area contributed by atoms with E-state index in [1.54, 1.807) is 0 Å². The minimum absolute atomic E-state index is 0.452. The molecule has 0 saturated carbocycles. The molecule has 0 aliphatic rings. The first-order valence-corrected chi connectivity index (χ1v) is 3.88. The zero-order valence-electron chi connectivity index (χ0n) is 7.16. The van der Waals surface area contributed by atoms with Crippen molar-refractivity contribution in [3.8, 4) is 0 Å². The van der Waals surface area contributed by atoms with Crippen molar-refractivity contribution >= 4 is 6.08 Å². The van der Waals surface area contributed by atoms with Gasteiger partial charge in [0.05, 0.1) is 6.61 Å². The van der Waals surface area contributed by atoms with Gasteiger partial charge in [0.1, 0.15) is 0 Å². The average molecular weight is 163 g/mol. The summed E-state index contributed by atoms with van der Waals surface area (Å²) in [6.45, 7) is 2.52. The normalized spacial score (nSPS) is 10.8. The first-order valence-electron chi connectivity index (χ1n) is 3.88. The van der Waals surface area contributed by atoms with Gasteiger partial charge in [0, 0.05) is 0 Å². The SMILES string of the molecule is Cc1cccc(/C=C/CON)c1. The Morgan fingerprint density at radius 1 is 1.50 bits per heavy atom. The Balaban J connectivity index is 2.63. The predicted octanol–water partition coefficient (Wildman–Crippen LogP) is 1.90. The second-order valence-electron chi connectivity index (χ2n) is 2.65. The lowest BCUT2D eigenvalue weighted by atomic mass is 10.1. The van der Waals surface area contributed by atoms with Crippen molar-refractivity contribution in [1.29, 1.82) is 0 Å². The topological polar surface area (TPSA) is 35.2 Å². The molecular formula is C10H13NO. The van der Waals surface area contributed by atoms with Crippen LogP contribution in [0, 0.1) is 6.92 Å². The Hall–Kier alpha value is -1.12. The van der Waals surface area contributed by atoms with E-state index in [2.05, 4.69) is 23.9 Å². The van der Waals surface area contributed by atoms with Gasteiger partial charge in [-0.2, -0.15) is 0 Å². The monoisotopic (exact) mass is 163 g/mol. The summed E-state index contributed by atoms with van der Waals surface area (Å²) in [6, 6.07) is 8.24. The summed E-state index contributed by atoms with van der Waals surface area (Å²) in [5.41, 5.74) is 2.43. The Kier molecular flexibility index (Phi) is 3.51. The molecule has 0 radical (unpaired) electrons. The van der Waals surface area contributed by atoms with Gasteiger partial charge in [0.2, 0.25) is 0 Å². The third-order valence-corrected chi connectivity index (χ3v) is 1.54. The Labute approximate surface area is 72.6 Å². The van der Waals surface area contributed by atoms with E-state index in [0.717, 1.165) is 0 Å². The van der Waals surface area contributed by atoms with E-state index in [0.29, 0.717) is 6.61 Å². The minimum Gasteiger partial charge on any atom is -0.300 e. The van der Waals surface area contributed by atoms with Gasteiger partial charge in [0.25, 0.3) is 0 Å². The molecule has 0 aliphatic heterocycles. The van der Waals surface area contributed by atoms with Crippen LogP contribution in [0.4, 0.5) is 0 Å². The molecule has 1 aromatic rings. The average Bonchev–Trinajstić information content (AvgIpc) is 2.05. The molecule has 0 atom stereocenters. The van der Waals surface area contributed by atoms with Crippen molar-refractivity contribution in [1.82, 2.24) is 0 Å². The largest absolute Gasteiger partial charge is 0.300 e. The summed E-state index contributed by atoms with van der Waals surface area (Å²) in [7, 11) is 0. The van der Waals surface area contributed by atoms with Crippen LogP contribution in [0.2, 0.25) is 0 Å². The van der Waals surface area contributed by atoms with Crippen LogP contribution in [0.5, 0.6) is 0 Å². The summed E-state index contributed by atoms with van der Waals surface area (Å²) in [5.74, 6) is 4.87. The van der Waals surface area contributed by atoms with Gasteiger partial charge >= 0.3 is 0 Å². The van der Waals surface area contributed by atoms with Gasteiger partial charge in [-0.05, 0) is 12.5 Å². The lowest BCUT2D eigenvalue weighted by Crippen LogP contribution is -1.96. The standard InChI is InChI=1S/C10H13NO/c1-9-4-2-5-10(8-9)6-3-7-12-11/h2-6,8H,7,11H2,1H3/b6-3+. The van der Waals surface area contributed by atoms with Crippen molar-refractivity contribution < 1.29 is 4.84 Å². The highest BCUT2D eigenvalue weighted by atomic mass is 16.6. The van der Waals surface area contributed by atoms with Crippen LogP contribution in [0.15, 0.2) is 30.3 Å². The fourth-order valence-electron chi connectivity index (χ4n) is 1.01. The summed E-state index contributed by atoms with van der Waals surface area (Å²) >= 11 is 0. The van der Waals surface area contributed by atoms with Crippen LogP contribution in [0.25, 0.3) is 6.08 Å². The van der Waals surface area contributed by atoms with Crippen LogP contribution in [-0.4, -0.2) is 6.61 Å². The molecule has 12 heavy (non-hydrogen) atoms. The molecule has 0 heterocycles. The van der Waals surface area contributed by atoms with E-state index in [9.17, 15) is 0 Å². The van der Waals surface area contributed by atoms with E-state index in [4.69, 9.17) is 5.90 Å². The summed E-state index contributed by atoms with van der Waals surface area (Å²) < 4.78 is 0. The molecule has 0 fully saturated rings. The number of nitrogens with two attached hydrogens (primary N) is 1. The molecule has 0 saturated heterocycles. The van der Waals surface area contributed by atoms with Gasteiger partial charge in [0.15, 0.2) is 0 Å². The first-order chi connectivity index (χ1) is 5.83. The van der Waals surface area contributed by atoms with E-state index >= 15 is 0 Å². The molecule has 64 valence electrons. The highest BCUT2D eigenvalue weighted by Crippen LogP contribution is 2.05. The minimum atomic E-state index is 0.452. The molecule has 0 aromatic heterocycles. The maximum Gasteiger partial charge on any atom is 0.0864 e. The second kappa shape index (κ2) is 4.70. The smallest absolute Gasteiger partial charge is 0.0864 e. The molecular weight excluding hydrogens is 150 g/mol. The van der Waals surface area contributed by atoms with Crippen LogP contribution < -0.4 is 5.90 Å². The second-order valence-corrected chi connectivity index (χ2v) is 2.65. The zero-order valence-corrected chi connectivity index (χ0v) is 7.16. The summed E-state index contributed by atoms with van der Waals surface area (Å²) in [4.78, 5) is 4.41. The highest BCUT2D eigenvalue weighted by Gasteiger charge is 1.85. The Morgan fingerprint density at radius 2 is 2.33 bits per heavy atom. The van der Waals surface area contributed by atoms with Gasteiger partial charge in [-0.25, -0.2) is 5.90 Å². The summed E-state index contributed by atoms with van der Waals surface area (Å²) in [6.07, 6.45) is 3.87. The molecule has 0 aliphatic carbocycles. The third kappa shape index (κ3) is 2.86. The quantitative estimate of drug-likeness (QED) is 0.691. The van der Waals surface area contributed by atoms with E-state index in [1.807, 2.05) is 24.3 Å². The van der Waals surface area contributed by atoms with E-state index in [1.165, 1.54) is 11.1 Å². The lowest BCUT2D eigenvalue weighted by molar-refractivity contribution is 0.168. The first kappa shape index (κ1) is 8.97. The molecule has 0 unspecified atom stereocenters. The maximum absolute atomic E-state index is 4.87. The van der Waals surface area contributed by atoms with Crippen molar-refractivity contribution in [3.05, 3.63) is 41.5 Å². The molecule has 0 bridgehead atoms. The molecule has 2 heteroatoms. The van der Waals surface area contributed by atoms with Gasteiger partial charge in [-0.15, -0.1) is 0 Å². The molecule has 0 amide bonds. The Morgan fingerprint density at radius 3 is 3.00 bits per heavy atom. The van der Waals surface area contributed by atoms with Gasteiger partial charge in [-0.3, -0.25) is 0 Å². The number of benzene rings is 1. The molecule has 2 N–H and O–H groups in total. The maximum atomic E-state index is 4.87. The molecule has 2 nitrogen and oxygen atoms in total. The van der Waals surface area contributed by atoms with Crippen LogP contribution in [0.3, 0.4) is 0 Å². The number of rotatable bonds is 3. The summed E-state index contributed by atoms with van der Waals surface area (Å²) in [5, 5.41) is 0. The fourth-order valence-corrected chi connectivity index (χ4v) is 1.01. The highest BCUT2D eigenvalue weighted by molar-refractivity contribution is 5.50. The van der Waals surface area contributed by atoms with Gasteiger partial charge in [-0.1, -0.05) is 42.0 Å². The van der Waals surface area contributed by atoms with Crippen molar-refractivity contribution in [2.45, 2.75) is 6.92 Å². The van der Waals surface area contributed by atoms with E-state index < -0.39 is 0 Å². The lowest BCUT2D eigenvalue weighted by Gasteiger charge is -1.94. The van der Waals surface area contributed by atoms with Crippen molar-refractivity contribution in [2.24, 2.45) is 5.90 Å². The van der Waals surface area contributed by atoms with Crippen LogP contribution >= 0.6 is 0 Å². The van der Waals surface area contributed by atoms with Crippen molar-refractivity contribution in [3.63, 3.8) is 0 Å².